The molecule has 1 aliphatic rings. The summed E-state index contributed by atoms with van der Waals surface area (Å²) in [5.74, 6) is -1.09. The molecule has 0 atom stereocenters. The van der Waals surface area contributed by atoms with Gasteiger partial charge in [0.2, 0.25) is 0 Å². The Labute approximate surface area is 168 Å². The fourth-order valence-electron chi connectivity index (χ4n) is 2.69. The van der Waals surface area contributed by atoms with Crippen molar-refractivity contribution in [1.29, 1.82) is 0 Å². The molecular weight excluding hydrogens is 374 g/mol. The van der Waals surface area contributed by atoms with Crippen molar-refractivity contribution < 1.29 is 19.1 Å². The van der Waals surface area contributed by atoms with E-state index >= 15 is 0 Å². The van der Waals surface area contributed by atoms with Crippen LogP contribution in [0.25, 0.3) is 17.2 Å². The number of carbonyl (C=O) groups is 3. The summed E-state index contributed by atoms with van der Waals surface area (Å²) >= 11 is 0.828. The highest BCUT2D eigenvalue weighted by Gasteiger charge is 2.37. The maximum absolute atomic E-state index is 12.5. The number of thioether (sulfide) groups is 1. The second kappa shape index (κ2) is 8.02. The van der Waals surface area contributed by atoms with Crippen molar-refractivity contribution in [2.24, 2.45) is 0 Å². The van der Waals surface area contributed by atoms with E-state index in [1.165, 1.54) is 0 Å². The summed E-state index contributed by atoms with van der Waals surface area (Å²) in [6.45, 7) is 4.82. The fourth-order valence-corrected chi connectivity index (χ4v) is 3.53. The molecule has 0 unspecified atom stereocenters. The second-order valence-corrected chi connectivity index (χ2v) is 8.34. The number of esters is 1. The van der Waals surface area contributed by atoms with Crippen molar-refractivity contribution in [2.75, 3.05) is 6.54 Å². The van der Waals surface area contributed by atoms with Gasteiger partial charge in [-0.25, -0.2) is 0 Å². The third kappa shape index (κ3) is 4.89. The SMILES string of the molecule is CC(C)(C)OC(=O)CN1C(=O)SC(=Cc2ccc(-c3ccccc3)cc2)C1=O. The molecule has 0 saturated carbocycles. The van der Waals surface area contributed by atoms with Gasteiger partial charge >= 0.3 is 5.97 Å². The summed E-state index contributed by atoms with van der Waals surface area (Å²) in [4.78, 5) is 37.8. The van der Waals surface area contributed by atoms with Gasteiger partial charge in [-0.2, -0.15) is 0 Å². The molecule has 0 N–H and O–H groups in total. The van der Waals surface area contributed by atoms with Gasteiger partial charge in [-0.3, -0.25) is 19.3 Å². The highest BCUT2D eigenvalue weighted by molar-refractivity contribution is 8.18. The highest BCUT2D eigenvalue weighted by Crippen LogP contribution is 2.32. The van der Waals surface area contributed by atoms with E-state index in [-0.39, 0.29) is 6.54 Å². The molecule has 3 rings (SSSR count). The van der Waals surface area contributed by atoms with Crippen LogP contribution < -0.4 is 0 Å². The minimum absolute atomic E-state index is 0.293. The second-order valence-electron chi connectivity index (χ2n) is 7.34. The fraction of sp³-hybridized carbons (Fsp3) is 0.227. The Balaban J connectivity index is 1.72. The molecule has 0 aromatic heterocycles. The Bertz CT molecular complexity index is 927. The smallest absolute Gasteiger partial charge is 0.326 e. The van der Waals surface area contributed by atoms with Crippen LogP contribution in [0.1, 0.15) is 26.3 Å². The van der Waals surface area contributed by atoms with Gasteiger partial charge in [-0.15, -0.1) is 0 Å². The summed E-state index contributed by atoms with van der Waals surface area (Å²) in [5, 5.41) is -0.469. The van der Waals surface area contributed by atoms with Gasteiger partial charge in [0.1, 0.15) is 12.1 Å². The molecule has 2 amide bonds. The van der Waals surface area contributed by atoms with Gasteiger partial charge in [0.25, 0.3) is 11.1 Å². The highest BCUT2D eigenvalue weighted by atomic mass is 32.2. The number of hydrogen-bond donors (Lipinski definition) is 0. The quantitative estimate of drug-likeness (QED) is 0.553. The average molecular weight is 395 g/mol. The van der Waals surface area contributed by atoms with Crippen LogP contribution in [0.4, 0.5) is 4.79 Å². The van der Waals surface area contributed by atoms with Gasteiger partial charge in [-0.05, 0) is 55.3 Å². The predicted octanol–water partition coefficient (Wildman–Crippen LogP) is 4.73. The molecule has 0 bridgehead atoms. The molecule has 0 radical (unpaired) electrons. The number of benzene rings is 2. The first-order valence-electron chi connectivity index (χ1n) is 8.86. The Morgan fingerprint density at radius 3 is 2.21 bits per heavy atom. The van der Waals surface area contributed by atoms with E-state index in [4.69, 9.17) is 4.74 Å². The van der Waals surface area contributed by atoms with Crippen molar-refractivity contribution in [3.05, 3.63) is 65.1 Å². The van der Waals surface area contributed by atoms with Crippen LogP contribution in [-0.2, 0) is 14.3 Å². The molecule has 28 heavy (non-hydrogen) atoms. The summed E-state index contributed by atoms with van der Waals surface area (Å²) in [6.07, 6.45) is 1.66. The summed E-state index contributed by atoms with van der Waals surface area (Å²) in [6, 6.07) is 17.7. The molecule has 1 saturated heterocycles. The van der Waals surface area contributed by atoms with Crippen molar-refractivity contribution in [3.8, 4) is 11.1 Å². The van der Waals surface area contributed by atoms with Gasteiger partial charge in [0.05, 0.1) is 4.91 Å². The van der Waals surface area contributed by atoms with Crippen molar-refractivity contribution >= 4 is 35.0 Å². The molecule has 1 aliphatic heterocycles. The van der Waals surface area contributed by atoms with Crippen molar-refractivity contribution in [2.45, 2.75) is 26.4 Å². The number of hydrogen-bond acceptors (Lipinski definition) is 5. The lowest BCUT2D eigenvalue weighted by Crippen LogP contribution is -2.37. The Kier molecular flexibility index (Phi) is 5.70. The van der Waals surface area contributed by atoms with Gasteiger partial charge in [-0.1, -0.05) is 54.6 Å². The summed E-state index contributed by atoms with van der Waals surface area (Å²) in [5.41, 5.74) is 2.31. The third-order valence-corrected chi connectivity index (χ3v) is 4.80. The Morgan fingerprint density at radius 1 is 1.00 bits per heavy atom. The van der Waals surface area contributed by atoms with Gasteiger partial charge in [0.15, 0.2) is 0 Å². The number of imide groups is 1. The van der Waals surface area contributed by atoms with E-state index in [1.807, 2.05) is 54.6 Å². The number of amides is 2. The molecule has 2 aromatic carbocycles. The third-order valence-electron chi connectivity index (χ3n) is 3.90. The van der Waals surface area contributed by atoms with Gasteiger partial charge in [0, 0.05) is 0 Å². The molecule has 1 fully saturated rings. The first kappa shape index (κ1) is 19.9. The molecule has 5 nitrogen and oxygen atoms in total. The largest absolute Gasteiger partial charge is 0.459 e. The van der Waals surface area contributed by atoms with E-state index in [1.54, 1.807) is 26.8 Å². The van der Waals surface area contributed by atoms with E-state index in [2.05, 4.69) is 0 Å². The van der Waals surface area contributed by atoms with Crippen LogP contribution in [0.2, 0.25) is 0 Å². The maximum Gasteiger partial charge on any atom is 0.326 e. The minimum Gasteiger partial charge on any atom is -0.459 e. The van der Waals surface area contributed by atoms with Crippen molar-refractivity contribution in [3.63, 3.8) is 0 Å². The lowest BCUT2D eigenvalue weighted by molar-refractivity contribution is -0.156. The van der Waals surface area contributed by atoms with Gasteiger partial charge < -0.3 is 4.74 Å². The minimum atomic E-state index is -0.671. The van der Waals surface area contributed by atoms with Crippen molar-refractivity contribution in [1.82, 2.24) is 4.90 Å². The zero-order valence-electron chi connectivity index (χ0n) is 16.0. The first-order chi connectivity index (χ1) is 13.2. The molecule has 0 spiro atoms. The van der Waals surface area contributed by atoms with Crippen LogP contribution >= 0.6 is 11.8 Å². The molecule has 1 heterocycles. The molecule has 2 aromatic rings. The molecular formula is C22H21NO4S. The number of nitrogens with zero attached hydrogens (tertiary/aromatic N) is 1. The summed E-state index contributed by atoms with van der Waals surface area (Å²) in [7, 11) is 0. The first-order valence-corrected chi connectivity index (χ1v) is 9.67. The lowest BCUT2D eigenvalue weighted by atomic mass is 10.0. The summed E-state index contributed by atoms with van der Waals surface area (Å²) < 4.78 is 5.19. The molecule has 144 valence electrons. The van der Waals surface area contributed by atoms with Crippen LogP contribution in [0.5, 0.6) is 0 Å². The monoisotopic (exact) mass is 395 g/mol. The number of ether oxygens (including phenoxy) is 1. The standard InChI is InChI=1S/C22H21NO4S/c1-22(2,3)27-19(24)14-23-20(25)18(28-21(23)26)13-15-9-11-17(12-10-15)16-7-5-4-6-8-16/h4-13H,14H2,1-3H3. The number of carbonyl (C=O) groups excluding carboxylic acids is 3. The van der Waals surface area contributed by atoms with Crippen LogP contribution in [0, 0.1) is 0 Å². The lowest BCUT2D eigenvalue weighted by Gasteiger charge is -2.21. The zero-order valence-corrected chi connectivity index (χ0v) is 16.8. The Hall–Kier alpha value is -2.86. The predicted molar refractivity (Wildman–Crippen MR) is 110 cm³/mol. The van der Waals surface area contributed by atoms with Crippen LogP contribution in [-0.4, -0.2) is 34.2 Å². The topological polar surface area (TPSA) is 63.7 Å². The Morgan fingerprint density at radius 2 is 1.61 bits per heavy atom. The number of rotatable bonds is 4. The molecule has 0 aliphatic carbocycles. The zero-order chi connectivity index (χ0) is 20.3. The average Bonchev–Trinajstić information content (AvgIpc) is 2.89. The van der Waals surface area contributed by atoms with Crippen LogP contribution in [0.3, 0.4) is 0 Å². The van der Waals surface area contributed by atoms with E-state index < -0.39 is 22.7 Å². The van der Waals surface area contributed by atoms with E-state index in [0.717, 1.165) is 33.4 Å². The van der Waals surface area contributed by atoms with E-state index in [9.17, 15) is 14.4 Å². The maximum atomic E-state index is 12.5. The normalized spacial score (nSPS) is 16.0. The van der Waals surface area contributed by atoms with Crippen LogP contribution in [0.15, 0.2) is 59.5 Å². The van der Waals surface area contributed by atoms with E-state index in [0.29, 0.717) is 4.91 Å². The molecule has 6 heteroatoms.